The van der Waals surface area contributed by atoms with Gasteiger partial charge in [-0.05, 0) is 13.0 Å². The number of anilines is 1. The molecule has 1 aromatic carbocycles. The zero-order valence-corrected chi connectivity index (χ0v) is 8.54. The Morgan fingerprint density at radius 2 is 1.94 bits per heavy atom. The third-order valence-corrected chi connectivity index (χ3v) is 2.05. The van der Waals surface area contributed by atoms with Crippen molar-refractivity contribution in [3.63, 3.8) is 0 Å². The number of nitrogens with zero attached hydrogens (tertiary/aromatic N) is 1. The Hall–Kier alpha value is -2.12. The number of Topliss-reactive ketones (excluding diaryl/α,β-unsaturated/α-hetero) is 1. The van der Waals surface area contributed by atoms with Crippen LogP contribution in [-0.2, 0) is 6.18 Å². The van der Waals surface area contributed by atoms with Crippen molar-refractivity contribution in [3.05, 3.63) is 33.4 Å². The lowest BCUT2D eigenvalue weighted by atomic mass is 10.0. The topological polar surface area (TPSA) is 86.2 Å². The van der Waals surface area contributed by atoms with Gasteiger partial charge in [0.2, 0.25) is 0 Å². The van der Waals surface area contributed by atoms with E-state index >= 15 is 0 Å². The molecule has 0 saturated carbocycles. The van der Waals surface area contributed by atoms with Gasteiger partial charge in [0.05, 0.1) is 4.92 Å². The molecular weight excluding hydrogens is 241 g/mol. The minimum atomic E-state index is -4.92. The number of benzene rings is 1. The number of nitrogen functional groups attached to an aromatic ring is 1. The first-order valence-corrected chi connectivity index (χ1v) is 4.30. The maximum atomic E-state index is 12.5. The van der Waals surface area contributed by atoms with Gasteiger partial charge in [-0.2, -0.15) is 13.2 Å². The predicted molar refractivity (Wildman–Crippen MR) is 52.5 cm³/mol. The number of nitro groups is 1. The van der Waals surface area contributed by atoms with Crippen LogP contribution in [-0.4, -0.2) is 10.7 Å². The van der Waals surface area contributed by atoms with Gasteiger partial charge in [-0.3, -0.25) is 14.9 Å². The molecule has 0 bridgehead atoms. The van der Waals surface area contributed by atoms with Gasteiger partial charge < -0.3 is 5.73 Å². The van der Waals surface area contributed by atoms with Crippen molar-refractivity contribution in [2.45, 2.75) is 13.1 Å². The lowest BCUT2D eigenvalue weighted by Crippen LogP contribution is -2.12. The molecule has 1 aromatic rings. The quantitative estimate of drug-likeness (QED) is 0.377. The fourth-order valence-corrected chi connectivity index (χ4v) is 1.29. The fraction of sp³-hybridized carbons (Fsp3) is 0.222. The molecule has 0 aromatic heterocycles. The van der Waals surface area contributed by atoms with Crippen molar-refractivity contribution in [1.82, 2.24) is 0 Å². The zero-order valence-electron chi connectivity index (χ0n) is 8.54. The number of rotatable bonds is 2. The van der Waals surface area contributed by atoms with E-state index in [-0.39, 0.29) is 11.3 Å². The van der Waals surface area contributed by atoms with Crippen LogP contribution in [0, 0.1) is 10.1 Å². The molecule has 0 atom stereocenters. The Bertz CT molecular complexity index is 497. The van der Waals surface area contributed by atoms with Crippen LogP contribution in [0.1, 0.15) is 22.8 Å². The first kappa shape index (κ1) is 12.9. The Balaban J connectivity index is 3.60. The van der Waals surface area contributed by atoms with E-state index in [1.54, 1.807) is 0 Å². The number of carbonyl (C=O) groups is 1. The number of nitrogens with two attached hydrogens (primary N) is 1. The summed E-state index contributed by atoms with van der Waals surface area (Å²) in [5, 5.41) is 10.5. The normalized spacial score (nSPS) is 11.3. The minimum absolute atomic E-state index is 0.350. The molecular formula is C9H7F3N2O3. The van der Waals surface area contributed by atoms with Crippen LogP contribution < -0.4 is 5.73 Å². The molecule has 0 heterocycles. The second kappa shape index (κ2) is 4.04. The second-order valence-corrected chi connectivity index (χ2v) is 3.27. The Labute approximate surface area is 93.2 Å². The van der Waals surface area contributed by atoms with Crippen LogP contribution >= 0.6 is 0 Å². The summed E-state index contributed by atoms with van der Waals surface area (Å²) in [6, 6.07) is 0.940. The molecule has 8 heteroatoms. The molecule has 0 unspecified atom stereocenters. The molecule has 17 heavy (non-hydrogen) atoms. The Morgan fingerprint density at radius 1 is 1.41 bits per heavy atom. The van der Waals surface area contributed by atoms with E-state index in [0.29, 0.717) is 12.1 Å². The molecule has 0 aliphatic carbocycles. The van der Waals surface area contributed by atoms with Crippen LogP contribution in [0.2, 0.25) is 0 Å². The average molecular weight is 248 g/mol. The lowest BCUT2D eigenvalue weighted by molar-refractivity contribution is -0.388. The monoisotopic (exact) mass is 248 g/mol. The van der Waals surface area contributed by atoms with Crippen LogP contribution in [0.3, 0.4) is 0 Å². The fourth-order valence-electron chi connectivity index (χ4n) is 1.29. The van der Waals surface area contributed by atoms with E-state index in [2.05, 4.69) is 0 Å². The number of hydrogen-bond acceptors (Lipinski definition) is 4. The molecule has 92 valence electrons. The zero-order chi connectivity index (χ0) is 13.4. The molecule has 0 amide bonds. The van der Waals surface area contributed by atoms with Gasteiger partial charge in [0.25, 0.3) is 5.69 Å². The molecule has 0 radical (unpaired) electrons. The number of hydrogen-bond donors (Lipinski definition) is 1. The maximum absolute atomic E-state index is 12.5. The van der Waals surface area contributed by atoms with Crippen molar-refractivity contribution in [2.24, 2.45) is 0 Å². The molecule has 0 fully saturated rings. The summed E-state index contributed by atoms with van der Waals surface area (Å²) in [5.41, 5.74) is 1.89. The summed E-state index contributed by atoms with van der Waals surface area (Å²) < 4.78 is 37.6. The summed E-state index contributed by atoms with van der Waals surface area (Å²) in [6.07, 6.45) is -4.92. The number of carbonyl (C=O) groups excluding carboxylic acids is 1. The minimum Gasteiger partial charge on any atom is -0.398 e. The summed E-state index contributed by atoms with van der Waals surface area (Å²) in [5.74, 6) is -0.692. The van der Waals surface area contributed by atoms with Gasteiger partial charge in [0.1, 0.15) is 5.56 Å². The first-order chi connectivity index (χ1) is 7.64. The molecule has 0 aliphatic rings. The highest BCUT2D eigenvalue weighted by Crippen LogP contribution is 2.38. The highest BCUT2D eigenvalue weighted by atomic mass is 19.4. The van der Waals surface area contributed by atoms with Gasteiger partial charge in [-0.25, -0.2) is 0 Å². The molecule has 0 aliphatic heterocycles. The van der Waals surface area contributed by atoms with Gasteiger partial charge >= 0.3 is 6.18 Å². The van der Waals surface area contributed by atoms with E-state index in [1.807, 2.05) is 0 Å². The van der Waals surface area contributed by atoms with Crippen LogP contribution in [0.5, 0.6) is 0 Å². The summed E-state index contributed by atoms with van der Waals surface area (Å²) in [4.78, 5) is 20.3. The second-order valence-electron chi connectivity index (χ2n) is 3.27. The average Bonchev–Trinajstić information content (AvgIpc) is 2.14. The maximum Gasteiger partial charge on any atom is 0.423 e. The van der Waals surface area contributed by atoms with E-state index in [4.69, 9.17) is 5.73 Å². The third kappa shape index (κ3) is 2.52. The number of halogens is 3. The molecule has 5 nitrogen and oxygen atoms in total. The van der Waals surface area contributed by atoms with Gasteiger partial charge in [0, 0.05) is 17.3 Å². The van der Waals surface area contributed by atoms with E-state index in [9.17, 15) is 28.1 Å². The number of nitro benzene ring substituents is 1. The van der Waals surface area contributed by atoms with Gasteiger partial charge in [-0.1, -0.05) is 0 Å². The summed E-state index contributed by atoms with van der Waals surface area (Å²) in [6.45, 7) is 1.03. The summed E-state index contributed by atoms with van der Waals surface area (Å²) >= 11 is 0. The van der Waals surface area contributed by atoms with Gasteiger partial charge in [0.15, 0.2) is 5.78 Å². The Kier molecular flexibility index (Phi) is 3.08. The highest BCUT2D eigenvalue weighted by molar-refractivity contribution is 5.99. The van der Waals surface area contributed by atoms with Crippen LogP contribution in [0.25, 0.3) is 0 Å². The third-order valence-electron chi connectivity index (χ3n) is 2.05. The van der Waals surface area contributed by atoms with E-state index in [1.165, 1.54) is 0 Å². The van der Waals surface area contributed by atoms with E-state index < -0.39 is 28.1 Å². The van der Waals surface area contributed by atoms with Crippen LogP contribution in [0.15, 0.2) is 12.1 Å². The standard InChI is InChI=1S/C9H7F3N2O3/c1-4(15)5-2-6(9(10,11)12)8(14(16)17)3-7(5)13/h2-3H,13H2,1H3. The number of alkyl halides is 3. The lowest BCUT2D eigenvalue weighted by Gasteiger charge is -2.10. The predicted octanol–water partition coefficient (Wildman–Crippen LogP) is 2.40. The largest absolute Gasteiger partial charge is 0.423 e. The van der Waals surface area contributed by atoms with Crippen molar-refractivity contribution in [3.8, 4) is 0 Å². The smallest absolute Gasteiger partial charge is 0.398 e. The highest BCUT2D eigenvalue weighted by Gasteiger charge is 2.39. The van der Waals surface area contributed by atoms with Crippen molar-refractivity contribution >= 4 is 17.2 Å². The SMILES string of the molecule is CC(=O)c1cc(C(F)(F)F)c([N+](=O)[O-])cc1N. The van der Waals surface area contributed by atoms with Crippen molar-refractivity contribution in [2.75, 3.05) is 5.73 Å². The van der Waals surface area contributed by atoms with Crippen LogP contribution in [0.4, 0.5) is 24.5 Å². The molecule has 0 saturated heterocycles. The molecule has 2 N–H and O–H groups in total. The van der Waals surface area contributed by atoms with E-state index in [0.717, 1.165) is 6.92 Å². The van der Waals surface area contributed by atoms with Crippen molar-refractivity contribution in [1.29, 1.82) is 0 Å². The van der Waals surface area contributed by atoms with Crippen molar-refractivity contribution < 1.29 is 22.9 Å². The summed E-state index contributed by atoms with van der Waals surface area (Å²) in [7, 11) is 0. The first-order valence-electron chi connectivity index (χ1n) is 4.30. The van der Waals surface area contributed by atoms with Gasteiger partial charge in [-0.15, -0.1) is 0 Å². The number of ketones is 1. The molecule has 1 rings (SSSR count). The molecule has 0 spiro atoms. The Morgan fingerprint density at radius 3 is 2.29 bits per heavy atom.